The zero-order chi connectivity index (χ0) is 14.8. The molecule has 0 spiro atoms. The summed E-state index contributed by atoms with van der Waals surface area (Å²) in [6.45, 7) is 0. The lowest BCUT2D eigenvalue weighted by Gasteiger charge is -2.12. The van der Waals surface area contributed by atoms with Crippen LogP contribution in [0.1, 0.15) is 0 Å². The predicted molar refractivity (Wildman–Crippen MR) is 82.4 cm³/mol. The number of aromatic nitrogens is 1. The van der Waals surface area contributed by atoms with Crippen molar-refractivity contribution in [3.05, 3.63) is 54.5 Å². The fourth-order valence-electron chi connectivity index (χ4n) is 2.20. The third kappa shape index (κ3) is 2.45. The van der Waals surface area contributed by atoms with Crippen molar-refractivity contribution in [2.24, 2.45) is 0 Å². The van der Waals surface area contributed by atoms with Crippen LogP contribution < -0.4 is 15.8 Å². The van der Waals surface area contributed by atoms with Crippen molar-refractivity contribution < 1.29 is 9.13 Å². The number of nitrogens with two attached hydrogens (primary N) is 1. The Bertz CT molecular complexity index is 805. The van der Waals surface area contributed by atoms with E-state index in [0.29, 0.717) is 5.69 Å². The number of hydrogen-bond acceptors (Lipinski definition) is 4. The number of nitrogens with one attached hydrogen (secondary N) is 1. The number of fused-ring (bicyclic) bond motifs is 1. The molecule has 21 heavy (non-hydrogen) atoms. The van der Waals surface area contributed by atoms with E-state index in [1.54, 1.807) is 24.4 Å². The average molecular weight is 283 g/mol. The van der Waals surface area contributed by atoms with Gasteiger partial charge in [-0.05, 0) is 36.4 Å². The monoisotopic (exact) mass is 283 g/mol. The van der Waals surface area contributed by atoms with Gasteiger partial charge in [-0.15, -0.1) is 0 Å². The van der Waals surface area contributed by atoms with Gasteiger partial charge in [-0.1, -0.05) is 0 Å². The van der Waals surface area contributed by atoms with Gasteiger partial charge in [-0.25, -0.2) is 4.39 Å². The van der Waals surface area contributed by atoms with Crippen LogP contribution >= 0.6 is 0 Å². The summed E-state index contributed by atoms with van der Waals surface area (Å²) in [4.78, 5) is 4.28. The largest absolute Gasteiger partial charge is 0.494 e. The van der Waals surface area contributed by atoms with Crippen molar-refractivity contribution in [3.8, 4) is 5.75 Å². The molecule has 3 aromatic rings. The Morgan fingerprint density at radius 2 is 2.05 bits per heavy atom. The van der Waals surface area contributed by atoms with Crippen LogP contribution in [0, 0.1) is 5.82 Å². The quantitative estimate of drug-likeness (QED) is 0.719. The lowest BCUT2D eigenvalue weighted by Crippen LogP contribution is -1.96. The van der Waals surface area contributed by atoms with E-state index >= 15 is 0 Å². The van der Waals surface area contributed by atoms with Crippen LogP contribution in [0.25, 0.3) is 10.9 Å². The van der Waals surface area contributed by atoms with Gasteiger partial charge in [-0.2, -0.15) is 0 Å². The molecule has 4 nitrogen and oxygen atoms in total. The lowest BCUT2D eigenvalue weighted by molar-refractivity contribution is 0.387. The minimum absolute atomic E-state index is 0.192. The summed E-state index contributed by atoms with van der Waals surface area (Å²) in [7, 11) is 1.44. The first-order chi connectivity index (χ1) is 10.2. The van der Waals surface area contributed by atoms with Gasteiger partial charge >= 0.3 is 0 Å². The number of nitrogens with zero attached hydrogens (tertiary/aromatic N) is 1. The SMILES string of the molecule is COc1cc(Nc2ccc(N)c3ncccc23)ccc1F. The van der Waals surface area contributed by atoms with E-state index in [2.05, 4.69) is 10.3 Å². The van der Waals surface area contributed by atoms with Crippen molar-refractivity contribution in [1.29, 1.82) is 0 Å². The zero-order valence-corrected chi connectivity index (χ0v) is 11.4. The summed E-state index contributed by atoms with van der Waals surface area (Å²) in [5, 5.41) is 4.14. The van der Waals surface area contributed by atoms with Crippen molar-refractivity contribution in [2.45, 2.75) is 0 Å². The molecule has 2 aromatic carbocycles. The van der Waals surface area contributed by atoms with Crippen LogP contribution in [-0.2, 0) is 0 Å². The number of methoxy groups -OCH3 is 1. The van der Waals surface area contributed by atoms with Crippen LogP contribution in [0.2, 0.25) is 0 Å². The maximum Gasteiger partial charge on any atom is 0.165 e. The Labute approximate surface area is 121 Å². The van der Waals surface area contributed by atoms with Crippen molar-refractivity contribution in [1.82, 2.24) is 4.98 Å². The topological polar surface area (TPSA) is 60.2 Å². The smallest absolute Gasteiger partial charge is 0.165 e. The van der Waals surface area contributed by atoms with E-state index in [9.17, 15) is 4.39 Å². The molecule has 3 N–H and O–H groups in total. The summed E-state index contributed by atoms with van der Waals surface area (Å²) in [5.41, 5.74) is 8.85. The van der Waals surface area contributed by atoms with E-state index in [1.165, 1.54) is 13.2 Å². The van der Waals surface area contributed by atoms with Crippen LogP contribution in [0.3, 0.4) is 0 Å². The first kappa shape index (κ1) is 13.2. The van der Waals surface area contributed by atoms with E-state index in [0.717, 1.165) is 22.3 Å². The summed E-state index contributed by atoms with van der Waals surface area (Å²) < 4.78 is 18.4. The molecule has 1 aromatic heterocycles. The molecule has 0 bridgehead atoms. The van der Waals surface area contributed by atoms with Crippen molar-refractivity contribution in [2.75, 3.05) is 18.2 Å². The van der Waals surface area contributed by atoms with Crippen LogP contribution in [-0.4, -0.2) is 12.1 Å². The van der Waals surface area contributed by atoms with Gasteiger partial charge < -0.3 is 15.8 Å². The summed E-state index contributed by atoms with van der Waals surface area (Å²) in [5.74, 6) is -0.204. The van der Waals surface area contributed by atoms with Crippen molar-refractivity contribution >= 4 is 28.0 Å². The number of ether oxygens (including phenoxy) is 1. The standard InChI is InChI=1S/C16H14FN3O/c1-21-15-9-10(4-5-12(15)17)20-14-7-6-13(18)16-11(14)3-2-8-19-16/h2-9,20H,18H2,1H3. The van der Waals surface area contributed by atoms with Gasteiger partial charge in [0.25, 0.3) is 0 Å². The molecule has 5 heteroatoms. The highest BCUT2D eigenvalue weighted by Crippen LogP contribution is 2.30. The van der Waals surface area contributed by atoms with E-state index in [-0.39, 0.29) is 5.75 Å². The third-order valence-electron chi connectivity index (χ3n) is 3.23. The van der Waals surface area contributed by atoms with Gasteiger partial charge in [0.2, 0.25) is 0 Å². The highest BCUT2D eigenvalue weighted by Gasteiger charge is 2.07. The zero-order valence-electron chi connectivity index (χ0n) is 11.4. The molecule has 0 radical (unpaired) electrons. The molecule has 106 valence electrons. The second-order valence-electron chi connectivity index (χ2n) is 4.58. The minimum Gasteiger partial charge on any atom is -0.494 e. The molecule has 0 fully saturated rings. The average Bonchev–Trinajstić information content (AvgIpc) is 2.52. The van der Waals surface area contributed by atoms with Crippen molar-refractivity contribution in [3.63, 3.8) is 0 Å². The molecule has 3 rings (SSSR count). The van der Waals surface area contributed by atoms with Gasteiger partial charge in [0.05, 0.1) is 18.3 Å². The number of benzene rings is 2. The lowest BCUT2D eigenvalue weighted by atomic mass is 10.1. The molecule has 0 aliphatic rings. The van der Waals surface area contributed by atoms with Gasteiger partial charge in [0, 0.05) is 29.0 Å². The predicted octanol–water partition coefficient (Wildman–Crippen LogP) is 3.71. The second-order valence-corrected chi connectivity index (χ2v) is 4.58. The summed E-state index contributed by atoms with van der Waals surface area (Å²) in [6, 6.07) is 12.1. The number of hydrogen-bond donors (Lipinski definition) is 2. The molecule has 0 aliphatic heterocycles. The molecular formula is C16H14FN3O. The Morgan fingerprint density at radius 3 is 2.86 bits per heavy atom. The molecule has 0 aliphatic carbocycles. The van der Waals surface area contributed by atoms with Gasteiger partial charge in [0.1, 0.15) is 0 Å². The first-order valence-corrected chi connectivity index (χ1v) is 6.43. The van der Waals surface area contributed by atoms with Gasteiger partial charge in [0.15, 0.2) is 11.6 Å². The van der Waals surface area contributed by atoms with E-state index < -0.39 is 5.82 Å². The molecule has 0 saturated carbocycles. The molecule has 0 saturated heterocycles. The molecule has 0 atom stereocenters. The van der Waals surface area contributed by atoms with Gasteiger partial charge in [-0.3, -0.25) is 4.98 Å². The summed E-state index contributed by atoms with van der Waals surface area (Å²) >= 11 is 0. The first-order valence-electron chi connectivity index (χ1n) is 6.43. The molecular weight excluding hydrogens is 269 g/mol. The Hall–Kier alpha value is -2.82. The Balaban J connectivity index is 2.04. The van der Waals surface area contributed by atoms with Crippen LogP contribution in [0.15, 0.2) is 48.7 Å². The number of nitrogen functional groups attached to an aromatic ring is 1. The minimum atomic E-state index is -0.396. The highest BCUT2D eigenvalue weighted by molar-refractivity contribution is 5.99. The summed E-state index contributed by atoms with van der Waals surface area (Å²) in [6.07, 6.45) is 1.70. The highest BCUT2D eigenvalue weighted by atomic mass is 19.1. The molecule has 0 amide bonds. The number of anilines is 3. The van der Waals surface area contributed by atoms with Crippen LogP contribution in [0.4, 0.5) is 21.5 Å². The fourth-order valence-corrected chi connectivity index (χ4v) is 2.20. The number of rotatable bonds is 3. The normalized spacial score (nSPS) is 10.6. The second kappa shape index (κ2) is 5.28. The van der Waals surface area contributed by atoms with E-state index in [4.69, 9.17) is 10.5 Å². The number of pyridine rings is 1. The van der Waals surface area contributed by atoms with Crippen LogP contribution in [0.5, 0.6) is 5.75 Å². The fraction of sp³-hybridized carbons (Fsp3) is 0.0625. The number of halogens is 1. The Morgan fingerprint density at radius 1 is 1.19 bits per heavy atom. The molecule has 1 heterocycles. The third-order valence-corrected chi connectivity index (χ3v) is 3.23. The Kier molecular flexibility index (Phi) is 3.31. The maximum atomic E-state index is 13.4. The maximum absolute atomic E-state index is 13.4. The van der Waals surface area contributed by atoms with E-state index in [1.807, 2.05) is 18.2 Å². The molecule has 0 unspecified atom stereocenters.